The molecular weight excluding hydrogens is 583 g/mol. The highest BCUT2D eigenvalue weighted by molar-refractivity contribution is 6.28. The minimum atomic E-state index is 0.484. The van der Waals surface area contributed by atoms with Crippen LogP contribution in [0, 0.1) is 0 Å². The lowest BCUT2D eigenvalue weighted by Crippen LogP contribution is -2.11. The van der Waals surface area contributed by atoms with Crippen molar-refractivity contribution in [3.8, 4) is 0 Å². The van der Waals surface area contributed by atoms with E-state index in [1.165, 1.54) is 54.8 Å². The number of nitrogens with one attached hydrogen (secondary N) is 1. The van der Waals surface area contributed by atoms with E-state index in [1.54, 1.807) is 0 Å². The van der Waals surface area contributed by atoms with Crippen molar-refractivity contribution in [1.82, 2.24) is 5.32 Å². The monoisotopic (exact) mass is 619 g/mol. The Balaban J connectivity index is 1.26. The van der Waals surface area contributed by atoms with Crippen molar-refractivity contribution in [2.75, 3.05) is 16.3 Å². The Hall–Kier alpha value is -5.64. The topological polar surface area (TPSA) is 28.4 Å². The number of nitrogens with zero attached hydrogens (tertiary/aromatic N) is 2. The second-order valence-electron chi connectivity index (χ2n) is 12.9. The van der Waals surface area contributed by atoms with Crippen LogP contribution in [0.5, 0.6) is 0 Å². The summed E-state index contributed by atoms with van der Waals surface area (Å²) >= 11 is 0. The molecule has 1 fully saturated rings. The molecule has 0 unspecified atom stereocenters. The number of aryl methyl sites for hydroxylation is 1. The molecule has 8 aromatic rings. The molecule has 3 nitrogen and oxygen atoms in total. The lowest BCUT2D eigenvalue weighted by atomic mass is 9.91. The second kappa shape index (κ2) is 11.9. The fourth-order valence-corrected chi connectivity index (χ4v) is 7.42. The third kappa shape index (κ3) is 4.95. The predicted molar refractivity (Wildman–Crippen MR) is 204 cm³/mol. The molecule has 9 rings (SSSR count). The maximum absolute atomic E-state index is 3.44. The number of hydrogen-bond acceptors (Lipinski definition) is 3. The van der Waals surface area contributed by atoms with Gasteiger partial charge in [0.2, 0.25) is 0 Å². The summed E-state index contributed by atoms with van der Waals surface area (Å²) in [7, 11) is 0. The van der Waals surface area contributed by atoms with Gasteiger partial charge in [0.05, 0.1) is 11.4 Å². The Bertz CT molecular complexity index is 2340. The number of anilines is 6. The van der Waals surface area contributed by atoms with E-state index in [9.17, 15) is 0 Å². The van der Waals surface area contributed by atoms with E-state index in [-0.39, 0.29) is 0 Å². The van der Waals surface area contributed by atoms with Crippen LogP contribution < -0.4 is 15.1 Å². The first kappa shape index (κ1) is 28.6. The average molecular weight is 620 g/mol. The van der Waals surface area contributed by atoms with Crippen LogP contribution in [0.1, 0.15) is 30.5 Å². The first-order valence-corrected chi connectivity index (χ1v) is 17.1. The van der Waals surface area contributed by atoms with Crippen molar-refractivity contribution < 1.29 is 0 Å². The number of benzene rings is 8. The molecule has 0 radical (unpaired) electrons. The Morgan fingerprint density at radius 3 is 1.40 bits per heavy atom. The Kier molecular flexibility index (Phi) is 7.06. The van der Waals surface area contributed by atoms with Gasteiger partial charge in [0.1, 0.15) is 0 Å². The normalized spacial score (nSPS) is 14.1. The fourth-order valence-electron chi connectivity index (χ4n) is 7.42. The van der Waals surface area contributed by atoms with Crippen LogP contribution in [0.4, 0.5) is 34.1 Å². The molecule has 0 amide bonds. The van der Waals surface area contributed by atoms with Crippen molar-refractivity contribution in [3.05, 3.63) is 169 Å². The van der Waals surface area contributed by atoms with Crippen LogP contribution >= 0.6 is 0 Å². The lowest BCUT2D eigenvalue weighted by Gasteiger charge is -2.29. The van der Waals surface area contributed by atoms with Gasteiger partial charge in [0.15, 0.2) is 0 Å². The summed E-state index contributed by atoms with van der Waals surface area (Å²) in [4.78, 5) is 4.82. The van der Waals surface area contributed by atoms with Gasteiger partial charge < -0.3 is 15.1 Å². The molecule has 0 aliphatic carbocycles. The lowest BCUT2D eigenvalue weighted by molar-refractivity contribution is 0.922. The summed E-state index contributed by atoms with van der Waals surface area (Å²) in [5.74, 6) is 0. The molecule has 1 atom stereocenters. The molecule has 0 spiro atoms. The largest absolute Gasteiger partial charge is 0.310 e. The maximum Gasteiger partial charge on any atom is 0.0540 e. The highest BCUT2D eigenvalue weighted by Gasteiger charge is 2.24. The fraction of sp³-hybridized carbons (Fsp3) is 0.111. The summed E-state index contributed by atoms with van der Waals surface area (Å²) in [6, 6.07) is 58.6. The van der Waals surface area contributed by atoms with Crippen LogP contribution in [0.25, 0.3) is 32.3 Å². The van der Waals surface area contributed by atoms with Crippen LogP contribution in [0.3, 0.4) is 0 Å². The zero-order valence-electron chi connectivity index (χ0n) is 27.1. The molecule has 1 aliphatic heterocycles. The molecular formula is C45H37N3. The average Bonchev–Trinajstić information content (AvgIpc) is 4.00. The number of para-hydroxylation sites is 2. The third-order valence-corrected chi connectivity index (χ3v) is 9.82. The standard InChI is InChI=1S/C45H37N3/c1-2-9-31-14-22-37(23-15-31)47(35-10-5-3-6-11-35)42-28-20-33-19-27-40-43(29-21-34-18-26-39(42)44(33)45(34)40)48(36-12-7-4-8-13-36)38-24-16-32(17-25-38)41-30-46-41/h3-8,10-29,41,46H,2,9,30H2,1H3/t41-/m0/s1. The van der Waals surface area contributed by atoms with Crippen LogP contribution in [-0.2, 0) is 6.42 Å². The van der Waals surface area contributed by atoms with Gasteiger partial charge in [-0.2, -0.15) is 0 Å². The van der Waals surface area contributed by atoms with Gasteiger partial charge in [0, 0.05) is 46.1 Å². The summed E-state index contributed by atoms with van der Waals surface area (Å²) < 4.78 is 0. The molecule has 48 heavy (non-hydrogen) atoms. The van der Waals surface area contributed by atoms with Crippen molar-refractivity contribution in [2.45, 2.75) is 25.8 Å². The van der Waals surface area contributed by atoms with E-state index in [0.29, 0.717) is 6.04 Å². The molecule has 0 bridgehead atoms. The number of hydrogen-bond donors (Lipinski definition) is 1. The highest BCUT2D eigenvalue weighted by Crippen LogP contribution is 2.47. The Morgan fingerprint density at radius 1 is 0.500 bits per heavy atom. The van der Waals surface area contributed by atoms with Crippen molar-refractivity contribution in [1.29, 1.82) is 0 Å². The molecule has 3 heteroatoms. The molecule has 8 aromatic carbocycles. The molecule has 0 aromatic heterocycles. The molecule has 0 saturated carbocycles. The van der Waals surface area contributed by atoms with E-state index in [4.69, 9.17) is 0 Å². The summed E-state index contributed by atoms with van der Waals surface area (Å²) in [6.07, 6.45) is 2.23. The Morgan fingerprint density at radius 2 is 0.938 bits per heavy atom. The van der Waals surface area contributed by atoms with E-state index in [1.807, 2.05) is 0 Å². The van der Waals surface area contributed by atoms with Crippen LogP contribution in [-0.4, -0.2) is 6.54 Å². The third-order valence-electron chi connectivity index (χ3n) is 9.82. The molecule has 1 aliphatic rings. The van der Waals surface area contributed by atoms with E-state index in [2.05, 4.69) is 180 Å². The van der Waals surface area contributed by atoms with E-state index >= 15 is 0 Å². The van der Waals surface area contributed by atoms with Crippen molar-refractivity contribution in [2.24, 2.45) is 0 Å². The van der Waals surface area contributed by atoms with Crippen LogP contribution in [0.2, 0.25) is 0 Å². The van der Waals surface area contributed by atoms with Gasteiger partial charge in [-0.25, -0.2) is 0 Å². The van der Waals surface area contributed by atoms with Gasteiger partial charge in [-0.05, 0) is 99.8 Å². The summed E-state index contributed by atoms with van der Waals surface area (Å²) in [5.41, 5.74) is 9.69. The first-order valence-electron chi connectivity index (χ1n) is 17.1. The second-order valence-corrected chi connectivity index (χ2v) is 12.9. The quantitative estimate of drug-likeness (QED) is 0.129. The van der Waals surface area contributed by atoms with Gasteiger partial charge in [0.25, 0.3) is 0 Å². The molecule has 232 valence electrons. The van der Waals surface area contributed by atoms with Crippen LogP contribution in [0.15, 0.2) is 158 Å². The van der Waals surface area contributed by atoms with Gasteiger partial charge in [-0.3, -0.25) is 0 Å². The van der Waals surface area contributed by atoms with Gasteiger partial charge in [-0.1, -0.05) is 110 Å². The highest BCUT2D eigenvalue weighted by atomic mass is 15.2. The molecule has 1 N–H and O–H groups in total. The zero-order valence-corrected chi connectivity index (χ0v) is 27.1. The van der Waals surface area contributed by atoms with Crippen molar-refractivity contribution in [3.63, 3.8) is 0 Å². The van der Waals surface area contributed by atoms with Crippen molar-refractivity contribution >= 4 is 66.4 Å². The molecule has 1 saturated heterocycles. The SMILES string of the molecule is CCCc1ccc(N(c2ccccc2)c2ccc3ccc4c(N(c5ccccc5)c5ccc([C@@H]6CN6)cc5)ccc5ccc2c3c54)cc1. The number of rotatable bonds is 9. The zero-order chi connectivity index (χ0) is 32.0. The molecule has 1 heterocycles. The van der Waals surface area contributed by atoms with Gasteiger partial charge in [-0.15, -0.1) is 0 Å². The minimum Gasteiger partial charge on any atom is -0.310 e. The maximum atomic E-state index is 3.44. The van der Waals surface area contributed by atoms with E-state index < -0.39 is 0 Å². The first-order chi connectivity index (χ1) is 23.8. The minimum absolute atomic E-state index is 0.484. The summed E-state index contributed by atoms with van der Waals surface area (Å²) in [6.45, 7) is 3.30. The van der Waals surface area contributed by atoms with Gasteiger partial charge >= 0.3 is 0 Å². The predicted octanol–water partition coefficient (Wildman–Crippen LogP) is 12.1. The summed E-state index contributed by atoms with van der Waals surface area (Å²) in [5, 5.41) is 11.0. The Labute approximate surface area is 282 Å². The smallest absolute Gasteiger partial charge is 0.0540 e. The van der Waals surface area contributed by atoms with E-state index in [0.717, 1.165) is 42.1 Å².